The number of nitrogens with zero attached hydrogens (tertiary/aromatic N) is 9. The summed E-state index contributed by atoms with van der Waals surface area (Å²) in [4.78, 5) is 21.3. The third-order valence-electron chi connectivity index (χ3n) is 7.76. The smallest absolute Gasteiger partial charge is 0.314 e. The fourth-order valence-corrected chi connectivity index (χ4v) is 4.79. The summed E-state index contributed by atoms with van der Waals surface area (Å²) in [6.45, 7) is 8.08. The number of benzene rings is 1. The molecule has 0 atom stereocenters. The maximum atomic E-state index is 12.5. The van der Waals surface area contributed by atoms with Gasteiger partial charge >= 0.3 is 12.9 Å². The number of rotatable bonds is 10. The summed E-state index contributed by atoms with van der Waals surface area (Å²) in [5.74, 6) is -0.693. The molecule has 50 heavy (non-hydrogen) atoms. The van der Waals surface area contributed by atoms with Crippen molar-refractivity contribution in [3.8, 4) is 22.9 Å². The Labute approximate surface area is 283 Å². The SMILES string of the molecule is Cc1ccc(C(C)(C)Nc2ncc(-c3nnc(C(F)F)o3)cn2)cc1.Cc1ccnc(C2(Nc3ncc(-c4nnc(C(F)F)o4)cn3)CC2)c1. The van der Waals surface area contributed by atoms with Gasteiger partial charge in [0.1, 0.15) is 0 Å². The van der Waals surface area contributed by atoms with Crippen LogP contribution in [0.5, 0.6) is 0 Å². The summed E-state index contributed by atoms with van der Waals surface area (Å²) in [6.07, 6.45) is 3.86. The van der Waals surface area contributed by atoms with Crippen LogP contribution in [-0.2, 0) is 11.1 Å². The Balaban J connectivity index is 0.000000173. The lowest BCUT2D eigenvalue weighted by Crippen LogP contribution is -2.28. The van der Waals surface area contributed by atoms with Gasteiger partial charge in [0.25, 0.3) is 23.6 Å². The zero-order valence-corrected chi connectivity index (χ0v) is 27.3. The molecule has 1 aliphatic carbocycles. The molecule has 1 aliphatic rings. The lowest BCUT2D eigenvalue weighted by atomic mass is 9.94. The number of aryl methyl sites for hydroxylation is 2. The number of alkyl halides is 4. The van der Waals surface area contributed by atoms with E-state index in [1.807, 2.05) is 64.1 Å². The Morgan fingerprint density at radius 3 is 1.66 bits per heavy atom. The van der Waals surface area contributed by atoms with E-state index < -0.39 is 24.6 Å². The maximum Gasteiger partial charge on any atom is 0.314 e. The van der Waals surface area contributed by atoms with Crippen LogP contribution >= 0.6 is 0 Å². The quantitative estimate of drug-likeness (QED) is 0.137. The van der Waals surface area contributed by atoms with Gasteiger partial charge in [0.2, 0.25) is 11.9 Å². The second kappa shape index (κ2) is 13.9. The van der Waals surface area contributed by atoms with E-state index in [1.54, 1.807) is 6.20 Å². The van der Waals surface area contributed by atoms with Crippen molar-refractivity contribution in [3.63, 3.8) is 0 Å². The number of hydrogen-bond donors (Lipinski definition) is 2. The molecule has 1 saturated carbocycles. The number of anilines is 2. The second-order valence-corrected chi connectivity index (χ2v) is 12.1. The zero-order valence-electron chi connectivity index (χ0n) is 27.3. The number of pyridine rings is 1. The van der Waals surface area contributed by atoms with Crippen LogP contribution in [0.15, 0.2) is 76.2 Å². The van der Waals surface area contributed by atoms with Crippen molar-refractivity contribution in [1.82, 2.24) is 45.3 Å². The molecular formula is C33H31F4N11O2. The Kier molecular flexibility index (Phi) is 9.48. The summed E-state index contributed by atoms with van der Waals surface area (Å²) in [5, 5.41) is 20.3. The van der Waals surface area contributed by atoms with E-state index in [2.05, 4.69) is 55.9 Å². The molecule has 13 nitrogen and oxygen atoms in total. The molecule has 0 amide bonds. The van der Waals surface area contributed by atoms with Gasteiger partial charge in [-0.3, -0.25) is 4.98 Å². The van der Waals surface area contributed by atoms with Crippen molar-refractivity contribution >= 4 is 11.9 Å². The van der Waals surface area contributed by atoms with E-state index in [0.717, 1.165) is 29.7 Å². The molecule has 0 bridgehead atoms. The fourth-order valence-electron chi connectivity index (χ4n) is 4.79. The van der Waals surface area contributed by atoms with E-state index in [0.29, 0.717) is 23.0 Å². The molecule has 5 aromatic heterocycles. The van der Waals surface area contributed by atoms with Crippen LogP contribution in [0, 0.1) is 13.8 Å². The molecule has 0 radical (unpaired) electrons. The predicted octanol–water partition coefficient (Wildman–Crippen LogP) is 7.39. The van der Waals surface area contributed by atoms with Crippen molar-refractivity contribution in [1.29, 1.82) is 0 Å². The topological polar surface area (TPSA) is 166 Å². The minimum atomic E-state index is -2.81. The summed E-state index contributed by atoms with van der Waals surface area (Å²) in [7, 11) is 0. The fraction of sp³-hybridized carbons (Fsp3) is 0.303. The highest BCUT2D eigenvalue weighted by molar-refractivity contribution is 5.52. The van der Waals surface area contributed by atoms with Gasteiger partial charge in [-0.25, -0.2) is 19.9 Å². The maximum absolute atomic E-state index is 12.5. The van der Waals surface area contributed by atoms with Crippen molar-refractivity contribution in [3.05, 3.63) is 102 Å². The number of aromatic nitrogens is 9. The van der Waals surface area contributed by atoms with Crippen LogP contribution < -0.4 is 10.6 Å². The molecule has 1 aromatic carbocycles. The minimum Gasteiger partial charge on any atom is -0.415 e. The molecule has 258 valence electrons. The summed E-state index contributed by atoms with van der Waals surface area (Å²) in [5.41, 5.74) is 4.48. The molecule has 0 unspecified atom stereocenters. The van der Waals surface area contributed by atoms with Crippen molar-refractivity contribution in [2.45, 2.75) is 64.5 Å². The molecule has 0 spiro atoms. The van der Waals surface area contributed by atoms with Crippen LogP contribution in [0.4, 0.5) is 29.5 Å². The Bertz CT molecular complexity index is 2030. The predicted molar refractivity (Wildman–Crippen MR) is 172 cm³/mol. The van der Waals surface area contributed by atoms with E-state index in [-0.39, 0.29) is 22.9 Å². The van der Waals surface area contributed by atoms with E-state index in [9.17, 15) is 17.6 Å². The van der Waals surface area contributed by atoms with Gasteiger partial charge in [-0.15, -0.1) is 20.4 Å². The summed E-state index contributed by atoms with van der Waals surface area (Å²) in [6, 6.07) is 12.2. The molecule has 0 saturated heterocycles. The van der Waals surface area contributed by atoms with Crippen molar-refractivity contribution < 1.29 is 26.4 Å². The molecule has 7 rings (SSSR count). The molecule has 5 heterocycles. The molecule has 1 fully saturated rings. The van der Waals surface area contributed by atoms with Crippen LogP contribution in [0.25, 0.3) is 22.9 Å². The molecular weight excluding hydrogens is 658 g/mol. The highest BCUT2D eigenvalue weighted by Gasteiger charge is 2.46. The Morgan fingerprint density at radius 2 is 1.20 bits per heavy atom. The first-order valence-electron chi connectivity index (χ1n) is 15.4. The van der Waals surface area contributed by atoms with Gasteiger partial charge in [-0.1, -0.05) is 29.8 Å². The first kappa shape index (κ1) is 34.0. The van der Waals surface area contributed by atoms with Crippen LogP contribution in [0.2, 0.25) is 0 Å². The van der Waals surface area contributed by atoms with Gasteiger partial charge in [-0.05, 0) is 63.8 Å². The number of hydrogen-bond acceptors (Lipinski definition) is 13. The van der Waals surface area contributed by atoms with Crippen LogP contribution in [0.3, 0.4) is 0 Å². The monoisotopic (exact) mass is 689 g/mol. The number of nitrogens with one attached hydrogen (secondary N) is 2. The highest BCUT2D eigenvalue weighted by atomic mass is 19.3. The largest absolute Gasteiger partial charge is 0.415 e. The summed E-state index contributed by atoms with van der Waals surface area (Å²) >= 11 is 0. The molecule has 0 aliphatic heterocycles. The van der Waals surface area contributed by atoms with Gasteiger partial charge in [0, 0.05) is 31.0 Å². The third kappa shape index (κ3) is 7.88. The first-order valence-corrected chi connectivity index (χ1v) is 15.4. The van der Waals surface area contributed by atoms with E-state index >= 15 is 0 Å². The van der Waals surface area contributed by atoms with E-state index in [1.165, 1.54) is 30.4 Å². The lowest BCUT2D eigenvalue weighted by Gasteiger charge is -2.27. The van der Waals surface area contributed by atoms with Crippen molar-refractivity contribution in [2.75, 3.05) is 10.6 Å². The standard InChI is InChI=1S/C17H17F2N5O.C16H14F2N6O/c1-10-4-6-12(7-5-10)17(2,3)22-16-20-8-11(9-21-16)14-23-24-15(25-14)13(18)19;1-9-2-5-19-11(6-9)16(3-4-16)22-15-20-7-10(8-21-15)13-23-24-14(25-13)12(17)18/h4-9,13H,1-3H3,(H,20,21,22);2,5-8,12H,3-4H2,1H3,(H,20,21,22). The van der Waals surface area contributed by atoms with Crippen LogP contribution in [-0.4, -0.2) is 45.3 Å². The molecule has 17 heteroatoms. The number of halogens is 4. The van der Waals surface area contributed by atoms with Crippen molar-refractivity contribution in [2.24, 2.45) is 0 Å². The first-order chi connectivity index (χ1) is 23.9. The average molecular weight is 690 g/mol. The normalized spacial score (nSPS) is 13.6. The Hall–Kier alpha value is -5.87. The Morgan fingerprint density at radius 1 is 0.680 bits per heavy atom. The lowest BCUT2D eigenvalue weighted by molar-refractivity contribution is 0.115. The average Bonchev–Trinajstić information content (AvgIpc) is 3.45. The third-order valence-corrected chi connectivity index (χ3v) is 7.76. The summed E-state index contributed by atoms with van der Waals surface area (Å²) < 4.78 is 59.8. The highest BCUT2D eigenvalue weighted by Crippen LogP contribution is 2.47. The van der Waals surface area contributed by atoms with Gasteiger partial charge < -0.3 is 19.5 Å². The van der Waals surface area contributed by atoms with E-state index in [4.69, 9.17) is 8.83 Å². The zero-order chi connectivity index (χ0) is 35.5. The van der Waals surface area contributed by atoms with Gasteiger partial charge in [-0.2, -0.15) is 17.6 Å². The van der Waals surface area contributed by atoms with Crippen LogP contribution in [0.1, 0.15) is 73.7 Å². The van der Waals surface area contributed by atoms with Gasteiger partial charge in [0.15, 0.2) is 0 Å². The molecule has 6 aromatic rings. The molecule has 2 N–H and O–H groups in total. The second-order valence-electron chi connectivity index (χ2n) is 12.1. The van der Waals surface area contributed by atoms with Gasteiger partial charge in [0.05, 0.1) is 27.9 Å². The minimum absolute atomic E-state index is 0.0386.